The van der Waals surface area contributed by atoms with Gasteiger partial charge in [-0.05, 0) is 58.1 Å². The van der Waals surface area contributed by atoms with Crippen LogP contribution in [0.3, 0.4) is 0 Å². The first-order valence-electron chi connectivity index (χ1n) is 9.80. The van der Waals surface area contributed by atoms with Crippen molar-refractivity contribution in [2.24, 2.45) is 11.1 Å². The van der Waals surface area contributed by atoms with Crippen molar-refractivity contribution >= 4 is 38.7 Å². The number of benzene rings is 1. The Morgan fingerprint density at radius 3 is 2.44 bits per heavy atom. The summed E-state index contributed by atoms with van der Waals surface area (Å²) in [6.45, 7) is 3.94. The van der Waals surface area contributed by atoms with Crippen molar-refractivity contribution in [3.63, 3.8) is 0 Å². The minimum atomic E-state index is -4.47. The van der Waals surface area contributed by atoms with Gasteiger partial charge in [-0.2, -0.15) is 18.4 Å². The van der Waals surface area contributed by atoms with Crippen molar-refractivity contribution in [3.8, 4) is 6.07 Å². The lowest BCUT2D eigenvalue weighted by Gasteiger charge is -2.43. The normalized spacial score (nSPS) is 21.0. The van der Waals surface area contributed by atoms with E-state index in [0.717, 1.165) is 21.5 Å². The summed E-state index contributed by atoms with van der Waals surface area (Å²) in [5.74, 6) is -0.547. The number of carbonyl (C=O) groups is 1. The average molecular weight is 522 g/mol. The first-order chi connectivity index (χ1) is 14.9. The zero-order valence-electron chi connectivity index (χ0n) is 17.3. The predicted molar refractivity (Wildman–Crippen MR) is 121 cm³/mol. The van der Waals surface area contributed by atoms with E-state index in [-0.39, 0.29) is 22.6 Å². The number of rotatable bonds is 2. The van der Waals surface area contributed by atoms with Crippen LogP contribution in [-0.4, -0.2) is 5.78 Å². The quantitative estimate of drug-likeness (QED) is 0.491. The molecule has 2 heterocycles. The molecular weight excluding hydrogens is 503 g/mol. The van der Waals surface area contributed by atoms with Crippen LogP contribution in [0.4, 0.5) is 18.9 Å². The smallest absolute Gasteiger partial charge is 0.384 e. The van der Waals surface area contributed by atoms with Gasteiger partial charge >= 0.3 is 6.18 Å². The summed E-state index contributed by atoms with van der Waals surface area (Å²) in [4.78, 5) is 15.7. The second kappa shape index (κ2) is 7.78. The zero-order valence-corrected chi connectivity index (χ0v) is 19.7. The van der Waals surface area contributed by atoms with E-state index in [9.17, 15) is 23.2 Å². The number of hydrogen-bond donors (Lipinski definition) is 1. The Hall–Kier alpha value is -2.57. The van der Waals surface area contributed by atoms with Gasteiger partial charge in [-0.3, -0.25) is 9.69 Å². The fraction of sp³-hybridized carbons (Fsp3) is 0.304. The molecule has 1 unspecified atom stereocenters. The molecule has 0 saturated heterocycles. The molecule has 166 valence electrons. The van der Waals surface area contributed by atoms with Crippen molar-refractivity contribution < 1.29 is 18.0 Å². The molecule has 1 aliphatic heterocycles. The van der Waals surface area contributed by atoms with Gasteiger partial charge in [0, 0.05) is 38.1 Å². The third-order valence-corrected chi connectivity index (χ3v) is 7.46. The molecule has 0 spiro atoms. The summed E-state index contributed by atoms with van der Waals surface area (Å²) >= 11 is 4.84. The van der Waals surface area contributed by atoms with Crippen LogP contribution in [0, 0.1) is 16.7 Å². The second-order valence-electron chi connectivity index (χ2n) is 8.69. The highest BCUT2D eigenvalue weighted by atomic mass is 79.9. The molecule has 1 aromatic heterocycles. The molecule has 1 atom stereocenters. The van der Waals surface area contributed by atoms with Crippen molar-refractivity contribution in [3.05, 3.63) is 73.3 Å². The number of nitriles is 1. The maximum atomic E-state index is 13.4. The van der Waals surface area contributed by atoms with Crippen LogP contribution in [0.25, 0.3) is 0 Å². The zero-order chi connectivity index (χ0) is 23.4. The molecule has 0 amide bonds. The largest absolute Gasteiger partial charge is 0.416 e. The molecule has 2 aliphatic rings. The number of ketones is 1. The lowest BCUT2D eigenvalue weighted by Crippen LogP contribution is -2.42. The number of Topliss-reactive ketones (excluding diaryl/α,β-unsaturated/α-hetero) is 1. The van der Waals surface area contributed by atoms with Crippen LogP contribution in [0.1, 0.15) is 43.0 Å². The Kier molecular flexibility index (Phi) is 5.50. The van der Waals surface area contributed by atoms with Crippen LogP contribution >= 0.6 is 27.3 Å². The minimum Gasteiger partial charge on any atom is -0.384 e. The number of halogens is 4. The Labute approximate surface area is 196 Å². The molecule has 0 saturated carbocycles. The first-order valence-corrected chi connectivity index (χ1v) is 11.5. The number of allylic oxidation sites excluding steroid dienone is 3. The number of nitrogens with two attached hydrogens (primary N) is 1. The number of hydrogen-bond acceptors (Lipinski definition) is 5. The summed E-state index contributed by atoms with van der Waals surface area (Å²) in [6, 6.07) is 8.63. The van der Waals surface area contributed by atoms with Gasteiger partial charge in [-0.25, -0.2) is 0 Å². The first kappa shape index (κ1) is 22.6. The minimum absolute atomic E-state index is 0.0806. The van der Waals surface area contributed by atoms with Crippen LogP contribution in [0.5, 0.6) is 0 Å². The van der Waals surface area contributed by atoms with Gasteiger partial charge in [0.15, 0.2) is 5.78 Å². The topological polar surface area (TPSA) is 70.1 Å². The molecule has 0 bridgehead atoms. The van der Waals surface area contributed by atoms with Gasteiger partial charge in [0.2, 0.25) is 0 Å². The third kappa shape index (κ3) is 3.86. The monoisotopic (exact) mass is 521 g/mol. The Morgan fingerprint density at radius 1 is 1.25 bits per heavy atom. The highest BCUT2D eigenvalue weighted by Crippen LogP contribution is 2.51. The Morgan fingerprint density at radius 2 is 1.91 bits per heavy atom. The van der Waals surface area contributed by atoms with Gasteiger partial charge < -0.3 is 5.73 Å². The maximum Gasteiger partial charge on any atom is 0.416 e. The van der Waals surface area contributed by atoms with Crippen molar-refractivity contribution in [1.82, 2.24) is 0 Å². The molecule has 4 rings (SSSR count). The van der Waals surface area contributed by atoms with Crippen molar-refractivity contribution in [2.75, 3.05) is 4.90 Å². The SMILES string of the molecule is CC1(C)CC(=O)C2=C(C1)N(c1ccc(C(F)(F)F)cc1)C(N)=C(C#N)C2c1cc(Br)cs1. The second-order valence-corrected chi connectivity index (χ2v) is 10.6. The molecule has 2 aromatic rings. The highest BCUT2D eigenvalue weighted by Gasteiger charge is 2.45. The van der Waals surface area contributed by atoms with Gasteiger partial charge in [-0.15, -0.1) is 11.3 Å². The van der Waals surface area contributed by atoms with E-state index in [1.54, 1.807) is 4.90 Å². The average Bonchev–Trinajstić information content (AvgIpc) is 3.11. The summed E-state index contributed by atoms with van der Waals surface area (Å²) in [5.41, 5.74) is 7.06. The van der Waals surface area contributed by atoms with Gasteiger partial charge in [0.05, 0.1) is 23.1 Å². The predicted octanol–water partition coefficient (Wildman–Crippen LogP) is 6.47. The number of carbonyl (C=O) groups excluding carboxylic acids is 1. The van der Waals surface area contributed by atoms with Crippen molar-refractivity contribution in [2.45, 2.75) is 38.8 Å². The standard InChI is InChI=1S/C23H19BrF3N3OS/c1-22(2)8-16-20(17(31)9-22)19(18-7-13(24)11-32-18)15(10-28)21(29)30(16)14-5-3-12(4-6-14)23(25,26)27/h3-7,11,19H,8-9,29H2,1-2H3. The van der Waals surface area contributed by atoms with Crippen LogP contribution < -0.4 is 10.6 Å². The van der Waals surface area contributed by atoms with Crippen LogP contribution in [0.2, 0.25) is 0 Å². The number of thiophene rings is 1. The molecule has 4 nitrogen and oxygen atoms in total. The van der Waals surface area contributed by atoms with Gasteiger partial charge in [0.25, 0.3) is 0 Å². The van der Waals surface area contributed by atoms with Gasteiger partial charge in [-0.1, -0.05) is 13.8 Å². The lowest BCUT2D eigenvalue weighted by atomic mass is 9.69. The fourth-order valence-electron chi connectivity index (χ4n) is 4.37. The van der Waals surface area contributed by atoms with E-state index in [1.807, 2.05) is 25.3 Å². The number of alkyl halides is 3. The van der Waals surface area contributed by atoms with E-state index in [1.165, 1.54) is 23.5 Å². The molecule has 0 radical (unpaired) electrons. The molecule has 2 N–H and O–H groups in total. The maximum absolute atomic E-state index is 13.4. The van der Waals surface area contributed by atoms with E-state index >= 15 is 0 Å². The Bertz CT molecular complexity index is 1200. The Balaban J connectivity index is 1.94. The van der Waals surface area contributed by atoms with E-state index in [2.05, 4.69) is 22.0 Å². The summed E-state index contributed by atoms with van der Waals surface area (Å²) in [6.07, 6.45) is -3.66. The van der Waals surface area contributed by atoms with Crippen LogP contribution in [-0.2, 0) is 11.0 Å². The van der Waals surface area contributed by atoms with Crippen molar-refractivity contribution in [1.29, 1.82) is 5.26 Å². The number of anilines is 1. The molecule has 32 heavy (non-hydrogen) atoms. The summed E-state index contributed by atoms with van der Waals surface area (Å²) in [5, 5.41) is 11.9. The van der Waals surface area contributed by atoms with E-state index in [0.29, 0.717) is 29.8 Å². The molecule has 1 aromatic carbocycles. The lowest BCUT2D eigenvalue weighted by molar-refractivity contribution is -0.137. The van der Waals surface area contributed by atoms with E-state index < -0.39 is 17.7 Å². The summed E-state index contributed by atoms with van der Waals surface area (Å²) < 4.78 is 40.0. The molecular formula is C23H19BrF3N3OS. The number of nitrogens with zero attached hydrogens (tertiary/aromatic N) is 2. The van der Waals surface area contributed by atoms with Crippen LogP contribution in [0.15, 0.2) is 62.8 Å². The fourth-order valence-corrected chi connectivity index (χ4v) is 5.93. The molecule has 1 aliphatic carbocycles. The van der Waals surface area contributed by atoms with Gasteiger partial charge in [0.1, 0.15) is 5.82 Å². The van der Waals surface area contributed by atoms with E-state index in [4.69, 9.17) is 5.73 Å². The highest BCUT2D eigenvalue weighted by molar-refractivity contribution is 9.10. The molecule has 9 heteroatoms. The third-order valence-electron chi connectivity index (χ3n) is 5.71. The molecule has 0 fully saturated rings. The summed E-state index contributed by atoms with van der Waals surface area (Å²) in [7, 11) is 0.